The number of piperidine rings is 1. The Balaban J connectivity index is 1.11. The van der Waals surface area contributed by atoms with Crippen LogP contribution in [0.5, 0.6) is 0 Å². The summed E-state index contributed by atoms with van der Waals surface area (Å²) in [5.41, 5.74) is 4.55. The molecule has 3 aromatic carbocycles. The van der Waals surface area contributed by atoms with Crippen LogP contribution in [0.4, 0.5) is 4.79 Å². The molecule has 5 heteroatoms. The average molecular weight is 477 g/mol. The van der Waals surface area contributed by atoms with Crippen LogP contribution < -0.4 is 0 Å². The summed E-state index contributed by atoms with van der Waals surface area (Å²) in [6.45, 7) is 0.317. The van der Waals surface area contributed by atoms with Crippen LogP contribution in [-0.4, -0.2) is 39.8 Å². The highest BCUT2D eigenvalue weighted by Gasteiger charge is 2.51. The number of aliphatic hydroxyl groups is 1. The summed E-state index contributed by atoms with van der Waals surface area (Å²) in [6.07, 6.45) is 4.22. The highest BCUT2D eigenvalue weighted by atomic mass is 16.6. The molecule has 2 aliphatic heterocycles. The Morgan fingerprint density at radius 1 is 0.889 bits per heavy atom. The maximum Gasteiger partial charge on any atom is 0.410 e. The quantitative estimate of drug-likeness (QED) is 0.394. The van der Waals surface area contributed by atoms with Gasteiger partial charge in [0.2, 0.25) is 0 Å². The van der Waals surface area contributed by atoms with E-state index in [4.69, 9.17) is 4.74 Å². The van der Waals surface area contributed by atoms with E-state index < -0.39 is 5.60 Å². The van der Waals surface area contributed by atoms with Crippen LogP contribution in [0, 0.1) is 0 Å². The molecule has 0 saturated carbocycles. The van der Waals surface area contributed by atoms with E-state index in [1.165, 1.54) is 22.3 Å². The summed E-state index contributed by atoms with van der Waals surface area (Å²) in [4.78, 5) is 19.9. The fourth-order valence-corrected chi connectivity index (χ4v) is 6.88. The molecule has 2 saturated heterocycles. The molecule has 7 rings (SSSR count). The van der Waals surface area contributed by atoms with Crippen LogP contribution in [0.2, 0.25) is 0 Å². The van der Waals surface area contributed by atoms with Crippen molar-refractivity contribution < 1.29 is 14.6 Å². The van der Waals surface area contributed by atoms with Gasteiger partial charge in [0.25, 0.3) is 0 Å². The minimum absolute atomic E-state index is 0.0422. The van der Waals surface area contributed by atoms with Crippen LogP contribution in [0.15, 0.2) is 85.1 Å². The minimum Gasteiger partial charge on any atom is -0.448 e. The van der Waals surface area contributed by atoms with Gasteiger partial charge in [0.05, 0.1) is 5.69 Å². The van der Waals surface area contributed by atoms with E-state index >= 15 is 0 Å². The monoisotopic (exact) mass is 476 g/mol. The van der Waals surface area contributed by atoms with Crippen molar-refractivity contribution in [3.8, 4) is 11.1 Å². The van der Waals surface area contributed by atoms with E-state index in [2.05, 4.69) is 41.4 Å². The number of hydrogen-bond acceptors (Lipinski definition) is 4. The molecule has 2 bridgehead atoms. The highest BCUT2D eigenvalue weighted by molar-refractivity contribution is 5.85. The molecule has 2 unspecified atom stereocenters. The molecule has 1 aromatic heterocycles. The average Bonchev–Trinajstić information content (AvgIpc) is 3.39. The number of benzene rings is 3. The maximum absolute atomic E-state index is 13.4. The lowest BCUT2D eigenvalue weighted by Gasteiger charge is -2.43. The Labute approximate surface area is 210 Å². The summed E-state index contributed by atoms with van der Waals surface area (Å²) in [5.74, 6) is 0.0422. The van der Waals surface area contributed by atoms with Gasteiger partial charge >= 0.3 is 6.09 Å². The van der Waals surface area contributed by atoms with Crippen molar-refractivity contribution in [3.63, 3.8) is 0 Å². The Hall–Kier alpha value is -3.70. The smallest absolute Gasteiger partial charge is 0.410 e. The predicted octanol–water partition coefficient (Wildman–Crippen LogP) is 6.00. The fourth-order valence-electron chi connectivity index (χ4n) is 6.88. The van der Waals surface area contributed by atoms with Gasteiger partial charge in [-0.3, -0.25) is 4.98 Å². The first kappa shape index (κ1) is 21.6. The molecule has 1 aliphatic carbocycles. The van der Waals surface area contributed by atoms with Crippen LogP contribution in [-0.2, 0) is 10.3 Å². The number of carbonyl (C=O) groups excluding carboxylic acids is 1. The predicted molar refractivity (Wildman–Crippen MR) is 139 cm³/mol. The molecule has 2 atom stereocenters. The number of ether oxygens (including phenoxy) is 1. The van der Waals surface area contributed by atoms with Crippen LogP contribution in [0.25, 0.3) is 21.9 Å². The molecule has 5 nitrogen and oxygen atoms in total. The number of nitrogens with zero attached hydrogens (tertiary/aromatic N) is 2. The second-order valence-corrected chi connectivity index (χ2v) is 10.4. The molecule has 36 heavy (non-hydrogen) atoms. The van der Waals surface area contributed by atoms with Crippen molar-refractivity contribution in [2.24, 2.45) is 0 Å². The van der Waals surface area contributed by atoms with E-state index in [1.54, 1.807) is 6.20 Å². The lowest BCUT2D eigenvalue weighted by molar-refractivity contribution is -0.0548. The van der Waals surface area contributed by atoms with Crippen molar-refractivity contribution >= 4 is 16.9 Å². The molecule has 3 aliphatic rings. The molecule has 180 valence electrons. The molecular formula is C31H28N2O3. The molecule has 1 amide bonds. The summed E-state index contributed by atoms with van der Waals surface area (Å²) in [7, 11) is 0. The van der Waals surface area contributed by atoms with Crippen molar-refractivity contribution in [3.05, 3.63) is 102 Å². The van der Waals surface area contributed by atoms with Crippen molar-refractivity contribution in [2.45, 2.75) is 49.3 Å². The van der Waals surface area contributed by atoms with Gasteiger partial charge in [-0.15, -0.1) is 0 Å². The molecule has 1 N–H and O–H groups in total. The van der Waals surface area contributed by atoms with E-state index in [-0.39, 0.29) is 24.1 Å². The third-order valence-corrected chi connectivity index (χ3v) is 8.43. The zero-order chi connectivity index (χ0) is 24.3. The van der Waals surface area contributed by atoms with E-state index in [9.17, 15) is 9.90 Å². The molecule has 0 radical (unpaired) electrons. The van der Waals surface area contributed by atoms with Gasteiger partial charge in [-0.05, 0) is 46.5 Å². The number of pyridine rings is 1. The summed E-state index contributed by atoms with van der Waals surface area (Å²) in [5, 5.41) is 13.9. The Morgan fingerprint density at radius 2 is 1.50 bits per heavy atom. The van der Waals surface area contributed by atoms with Gasteiger partial charge < -0.3 is 14.7 Å². The van der Waals surface area contributed by atoms with Gasteiger partial charge in [0, 0.05) is 42.4 Å². The second kappa shape index (κ2) is 8.17. The van der Waals surface area contributed by atoms with Gasteiger partial charge in [-0.1, -0.05) is 72.8 Å². The highest BCUT2D eigenvalue weighted by Crippen LogP contribution is 2.48. The van der Waals surface area contributed by atoms with Gasteiger partial charge in [-0.2, -0.15) is 0 Å². The maximum atomic E-state index is 13.4. The third-order valence-electron chi connectivity index (χ3n) is 8.43. The largest absolute Gasteiger partial charge is 0.448 e. The number of fused-ring (bicyclic) bond motifs is 6. The molecule has 4 aromatic rings. The Kier molecular flexibility index (Phi) is 4.90. The number of aromatic nitrogens is 1. The SMILES string of the molecule is O=C(OCC1c2ccccc2-c2ccccc21)N1C2CCC1CC(O)(c1nccc3ccccc13)C2. The number of hydrogen-bond donors (Lipinski definition) is 1. The zero-order valence-electron chi connectivity index (χ0n) is 20.0. The van der Waals surface area contributed by atoms with E-state index in [0.717, 1.165) is 29.3 Å². The van der Waals surface area contributed by atoms with Crippen LogP contribution in [0.3, 0.4) is 0 Å². The number of rotatable bonds is 3. The number of amides is 1. The van der Waals surface area contributed by atoms with Gasteiger partial charge in [0.15, 0.2) is 0 Å². The standard InChI is InChI=1S/C31H28N2O3/c34-30(36-19-28-26-11-5-3-9-24(26)25-10-4-6-12-27(25)28)33-21-13-14-22(33)18-31(35,17-21)29-23-8-2-1-7-20(23)15-16-32-29/h1-12,15-16,21-22,28,35H,13-14,17-19H2. The van der Waals surface area contributed by atoms with Gasteiger partial charge in [0.1, 0.15) is 12.2 Å². The van der Waals surface area contributed by atoms with E-state index in [1.807, 2.05) is 47.4 Å². The van der Waals surface area contributed by atoms with E-state index in [0.29, 0.717) is 19.4 Å². The lowest BCUT2D eigenvalue weighted by atomic mass is 9.81. The normalized spacial score (nSPS) is 24.5. The minimum atomic E-state index is -1.05. The second-order valence-electron chi connectivity index (χ2n) is 10.4. The topological polar surface area (TPSA) is 62.7 Å². The first-order chi connectivity index (χ1) is 17.6. The molecular weight excluding hydrogens is 448 g/mol. The summed E-state index contributed by atoms with van der Waals surface area (Å²) in [6, 6.07) is 26.7. The Morgan fingerprint density at radius 3 is 2.19 bits per heavy atom. The summed E-state index contributed by atoms with van der Waals surface area (Å²) < 4.78 is 5.99. The lowest BCUT2D eigenvalue weighted by Crippen LogP contribution is -2.52. The molecule has 2 fully saturated rings. The molecule has 0 spiro atoms. The zero-order valence-corrected chi connectivity index (χ0v) is 20.0. The van der Waals surface area contributed by atoms with Gasteiger partial charge in [-0.25, -0.2) is 4.79 Å². The number of carbonyl (C=O) groups is 1. The first-order valence-electron chi connectivity index (χ1n) is 12.8. The van der Waals surface area contributed by atoms with Crippen LogP contribution >= 0.6 is 0 Å². The fraction of sp³-hybridized carbons (Fsp3) is 0.290. The van der Waals surface area contributed by atoms with Crippen molar-refractivity contribution in [2.75, 3.05) is 6.61 Å². The summed E-state index contributed by atoms with van der Waals surface area (Å²) >= 11 is 0. The van der Waals surface area contributed by atoms with Crippen LogP contribution in [0.1, 0.15) is 48.4 Å². The molecule has 3 heterocycles. The van der Waals surface area contributed by atoms with Crippen molar-refractivity contribution in [1.82, 2.24) is 9.88 Å². The first-order valence-corrected chi connectivity index (χ1v) is 12.8. The van der Waals surface area contributed by atoms with Crippen molar-refractivity contribution in [1.29, 1.82) is 0 Å². The third kappa shape index (κ3) is 3.26. The Bertz CT molecular complexity index is 1420.